The van der Waals surface area contributed by atoms with Gasteiger partial charge in [-0.25, -0.2) is 4.99 Å². The second-order valence-electron chi connectivity index (χ2n) is 6.71. The van der Waals surface area contributed by atoms with Crippen molar-refractivity contribution in [2.75, 3.05) is 45.9 Å². The fourth-order valence-electron chi connectivity index (χ4n) is 3.13. The first kappa shape index (κ1) is 20.5. The molecule has 3 rings (SSSR count). The van der Waals surface area contributed by atoms with Crippen LogP contribution in [0.1, 0.15) is 18.4 Å². The van der Waals surface area contributed by atoms with Crippen molar-refractivity contribution in [1.82, 2.24) is 20.3 Å². The van der Waals surface area contributed by atoms with Crippen LogP contribution in [-0.4, -0.2) is 66.8 Å². The molecule has 0 radical (unpaired) electrons. The van der Waals surface area contributed by atoms with Crippen LogP contribution in [0.5, 0.6) is 5.75 Å². The van der Waals surface area contributed by atoms with Crippen molar-refractivity contribution in [1.29, 1.82) is 0 Å². The molecule has 0 unspecified atom stereocenters. The quantitative estimate of drug-likeness (QED) is 0.434. The number of para-hydroxylation sites is 1. The molecule has 7 nitrogen and oxygen atoms in total. The van der Waals surface area contributed by atoms with Gasteiger partial charge in [0.25, 0.3) is 0 Å². The highest BCUT2D eigenvalue weighted by atomic mass is 35.5. The molecule has 1 aromatic carbocycles. The molecule has 0 spiro atoms. The predicted molar refractivity (Wildman–Crippen MR) is 111 cm³/mol. The van der Waals surface area contributed by atoms with Crippen LogP contribution in [0.3, 0.4) is 0 Å². The van der Waals surface area contributed by atoms with E-state index in [9.17, 15) is 0 Å². The van der Waals surface area contributed by atoms with Gasteiger partial charge in [-0.1, -0.05) is 28.9 Å². The van der Waals surface area contributed by atoms with E-state index < -0.39 is 0 Å². The van der Waals surface area contributed by atoms with Gasteiger partial charge in [0.1, 0.15) is 18.1 Å². The maximum Gasteiger partial charge on any atom is 0.194 e. The lowest BCUT2D eigenvalue weighted by Gasteiger charge is -2.36. The van der Waals surface area contributed by atoms with Crippen LogP contribution >= 0.6 is 11.6 Å². The van der Waals surface area contributed by atoms with Crippen LogP contribution in [0.15, 0.2) is 39.8 Å². The first-order valence-electron chi connectivity index (χ1n) is 9.71. The van der Waals surface area contributed by atoms with Gasteiger partial charge < -0.3 is 19.5 Å². The number of halogens is 1. The van der Waals surface area contributed by atoms with E-state index in [1.54, 1.807) is 0 Å². The molecule has 0 aliphatic carbocycles. The highest BCUT2D eigenvalue weighted by Crippen LogP contribution is 2.22. The standard InChI is InChI=1S/C20H28ClN5O2/c1-3-22-20(23-8-13-27-19-7-5-4-6-18(19)21)26-11-9-25(10-12-26)15-17-14-16(2)28-24-17/h4-7,14H,3,8-13,15H2,1-2H3,(H,22,23). The highest BCUT2D eigenvalue weighted by Gasteiger charge is 2.20. The number of aliphatic imine (C=N–C) groups is 1. The molecule has 1 fully saturated rings. The van der Waals surface area contributed by atoms with Crippen molar-refractivity contribution in [2.45, 2.75) is 20.4 Å². The number of aryl methyl sites for hydroxylation is 1. The van der Waals surface area contributed by atoms with Crippen LogP contribution in [0.2, 0.25) is 5.02 Å². The number of guanidine groups is 1. The first-order valence-corrected chi connectivity index (χ1v) is 10.1. The third kappa shape index (κ3) is 5.87. The van der Waals surface area contributed by atoms with E-state index in [2.05, 4.69) is 27.2 Å². The summed E-state index contributed by atoms with van der Waals surface area (Å²) in [5, 5.41) is 8.09. The summed E-state index contributed by atoms with van der Waals surface area (Å²) in [6.07, 6.45) is 0. The number of nitrogens with one attached hydrogen (secondary N) is 1. The second-order valence-corrected chi connectivity index (χ2v) is 7.11. The molecule has 152 valence electrons. The van der Waals surface area contributed by atoms with E-state index in [1.165, 1.54) is 0 Å². The molecule has 1 saturated heterocycles. The summed E-state index contributed by atoms with van der Waals surface area (Å²) in [6, 6.07) is 9.49. The Hall–Kier alpha value is -2.25. The maximum atomic E-state index is 6.11. The van der Waals surface area contributed by atoms with Crippen molar-refractivity contribution in [2.24, 2.45) is 4.99 Å². The van der Waals surface area contributed by atoms with Crippen LogP contribution in [0.4, 0.5) is 0 Å². The Balaban J connectivity index is 1.47. The van der Waals surface area contributed by atoms with Crippen molar-refractivity contribution < 1.29 is 9.26 Å². The van der Waals surface area contributed by atoms with E-state index in [0.29, 0.717) is 23.9 Å². The molecular formula is C20H28ClN5O2. The van der Waals surface area contributed by atoms with Gasteiger partial charge in [0.2, 0.25) is 0 Å². The van der Waals surface area contributed by atoms with E-state index in [1.807, 2.05) is 37.3 Å². The average molecular weight is 406 g/mol. The van der Waals surface area contributed by atoms with Crippen molar-refractivity contribution in [3.05, 3.63) is 46.8 Å². The smallest absolute Gasteiger partial charge is 0.194 e. The molecule has 28 heavy (non-hydrogen) atoms. The first-order chi connectivity index (χ1) is 13.7. The lowest BCUT2D eigenvalue weighted by Crippen LogP contribution is -2.52. The zero-order chi connectivity index (χ0) is 19.8. The summed E-state index contributed by atoms with van der Waals surface area (Å²) in [5.74, 6) is 2.48. The molecule has 1 aromatic heterocycles. The zero-order valence-corrected chi connectivity index (χ0v) is 17.3. The maximum absolute atomic E-state index is 6.11. The number of hydrogen-bond donors (Lipinski definition) is 1. The van der Waals surface area contributed by atoms with E-state index in [-0.39, 0.29) is 0 Å². The lowest BCUT2D eigenvalue weighted by atomic mass is 10.3. The summed E-state index contributed by atoms with van der Waals surface area (Å²) in [7, 11) is 0. The van der Waals surface area contributed by atoms with E-state index >= 15 is 0 Å². The SMILES string of the molecule is CCNC(=NCCOc1ccccc1Cl)N1CCN(Cc2cc(C)on2)CC1. The number of benzene rings is 1. The van der Waals surface area contributed by atoms with Crippen molar-refractivity contribution >= 4 is 17.6 Å². The van der Waals surface area contributed by atoms with Gasteiger partial charge in [-0.05, 0) is 26.0 Å². The third-order valence-corrected chi connectivity index (χ3v) is 4.83. The summed E-state index contributed by atoms with van der Waals surface area (Å²) in [4.78, 5) is 9.39. The summed E-state index contributed by atoms with van der Waals surface area (Å²) in [6.45, 7) is 10.5. The lowest BCUT2D eigenvalue weighted by molar-refractivity contribution is 0.168. The molecule has 1 aliphatic heterocycles. The summed E-state index contributed by atoms with van der Waals surface area (Å²) >= 11 is 6.11. The Morgan fingerprint density at radius 3 is 2.75 bits per heavy atom. The second kappa shape index (κ2) is 10.3. The minimum absolute atomic E-state index is 0.490. The average Bonchev–Trinajstić information content (AvgIpc) is 3.11. The Morgan fingerprint density at radius 2 is 2.07 bits per heavy atom. The fourth-order valence-corrected chi connectivity index (χ4v) is 3.32. The zero-order valence-electron chi connectivity index (χ0n) is 16.5. The van der Waals surface area contributed by atoms with E-state index in [0.717, 1.165) is 56.7 Å². The van der Waals surface area contributed by atoms with Gasteiger partial charge in [-0.2, -0.15) is 0 Å². The molecule has 0 atom stereocenters. The number of hydrogen-bond acceptors (Lipinski definition) is 5. The largest absolute Gasteiger partial charge is 0.490 e. The molecule has 0 amide bonds. The molecular weight excluding hydrogens is 378 g/mol. The number of ether oxygens (including phenoxy) is 1. The minimum Gasteiger partial charge on any atom is -0.490 e. The minimum atomic E-state index is 0.490. The normalized spacial score (nSPS) is 15.7. The molecule has 1 aliphatic rings. The summed E-state index contributed by atoms with van der Waals surface area (Å²) < 4.78 is 10.9. The van der Waals surface area contributed by atoms with Crippen LogP contribution in [0, 0.1) is 6.92 Å². The van der Waals surface area contributed by atoms with Crippen LogP contribution in [-0.2, 0) is 6.54 Å². The summed E-state index contributed by atoms with van der Waals surface area (Å²) in [5.41, 5.74) is 0.989. The van der Waals surface area contributed by atoms with Crippen LogP contribution in [0.25, 0.3) is 0 Å². The number of piperazine rings is 1. The van der Waals surface area contributed by atoms with Gasteiger partial charge in [0, 0.05) is 45.3 Å². The fraction of sp³-hybridized carbons (Fsp3) is 0.500. The third-order valence-electron chi connectivity index (χ3n) is 4.52. The molecule has 1 N–H and O–H groups in total. The van der Waals surface area contributed by atoms with Gasteiger partial charge >= 0.3 is 0 Å². The molecule has 2 heterocycles. The Kier molecular flexibility index (Phi) is 7.56. The van der Waals surface area contributed by atoms with Crippen LogP contribution < -0.4 is 10.1 Å². The van der Waals surface area contributed by atoms with Crippen molar-refractivity contribution in [3.63, 3.8) is 0 Å². The van der Waals surface area contributed by atoms with Crippen molar-refractivity contribution in [3.8, 4) is 5.75 Å². The number of aromatic nitrogens is 1. The Morgan fingerprint density at radius 1 is 1.29 bits per heavy atom. The van der Waals surface area contributed by atoms with Gasteiger partial charge in [0.05, 0.1) is 17.3 Å². The number of nitrogens with zero attached hydrogens (tertiary/aromatic N) is 4. The van der Waals surface area contributed by atoms with E-state index in [4.69, 9.17) is 25.9 Å². The topological polar surface area (TPSA) is 66.1 Å². The monoisotopic (exact) mass is 405 g/mol. The predicted octanol–water partition coefficient (Wildman–Crippen LogP) is 2.80. The van der Waals surface area contributed by atoms with Gasteiger partial charge in [0.15, 0.2) is 5.96 Å². The highest BCUT2D eigenvalue weighted by molar-refractivity contribution is 6.32. The molecule has 2 aromatic rings. The molecule has 0 bridgehead atoms. The Bertz CT molecular complexity index is 771. The van der Waals surface area contributed by atoms with Gasteiger partial charge in [-0.15, -0.1) is 0 Å². The Labute approximate surface area is 171 Å². The van der Waals surface area contributed by atoms with Gasteiger partial charge in [-0.3, -0.25) is 4.90 Å². The number of rotatable bonds is 7. The molecule has 8 heteroatoms. The molecule has 0 saturated carbocycles.